The Morgan fingerprint density at radius 2 is 1.29 bits per heavy atom. The third kappa shape index (κ3) is 1.94. The van der Waals surface area contributed by atoms with E-state index in [1.807, 2.05) is 0 Å². The van der Waals surface area contributed by atoms with Gasteiger partial charge >= 0.3 is 0 Å². The lowest BCUT2D eigenvalue weighted by molar-refractivity contribution is -0.659. The highest BCUT2D eigenvalue weighted by Crippen LogP contribution is 2.49. The molecule has 4 aromatic carbocycles. The molecule has 1 aromatic heterocycles. The number of aryl methyl sites for hydroxylation is 2. The van der Waals surface area contributed by atoms with Gasteiger partial charge in [0.1, 0.15) is 7.05 Å². The zero-order chi connectivity index (χ0) is 18.8. The van der Waals surface area contributed by atoms with Crippen molar-refractivity contribution >= 4 is 21.5 Å². The number of nitrogens with zero attached hydrogens (tertiary/aromatic N) is 1. The predicted octanol–water partition coefficient (Wildman–Crippen LogP) is 6.44. The van der Waals surface area contributed by atoms with Crippen molar-refractivity contribution in [3.05, 3.63) is 90.6 Å². The average Bonchev–Trinajstić information content (AvgIpc) is 3.06. The van der Waals surface area contributed by atoms with Gasteiger partial charge in [-0.2, -0.15) is 0 Å². The maximum Gasteiger partial charge on any atom is 0.220 e. The molecule has 0 atom stereocenters. The normalized spacial score (nSPS) is 11.9. The van der Waals surface area contributed by atoms with Crippen molar-refractivity contribution in [2.24, 2.45) is 7.05 Å². The van der Waals surface area contributed by atoms with Crippen LogP contribution in [0.4, 0.5) is 0 Å². The van der Waals surface area contributed by atoms with Crippen LogP contribution in [0.1, 0.15) is 5.56 Å². The van der Waals surface area contributed by atoms with Crippen LogP contribution in [0.15, 0.2) is 85.1 Å². The summed E-state index contributed by atoms with van der Waals surface area (Å²) in [6.45, 7) is 2.27. The van der Waals surface area contributed by atoms with Crippen LogP contribution in [-0.4, -0.2) is 0 Å². The second-order valence-corrected chi connectivity index (χ2v) is 7.73. The Kier molecular flexibility index (Phi) is 3.08. The van der Waals surface area contributed by atoms with Gasteiger partial charge in [0, 0.05) is 6.07 Å². The van der Waals surface area contributed by atoms with Gasteiger partial charge in [-0.25, -0.2) is 4.57 Å². The first-order valence-electron chi connectivity index (χ1n) is 9.78. The van der Waals surface area contributed by atoms with Crippen LogP contribution >= 0.6 is 0 Å². The van der Waals surface area contributed by atoms with Gasteiger partial charge in [-0.1, -0.05) is 60.7 Å². The van der Waals surface area contributed by atoms with Crippen molar-refractivity contribution < 1.29 is 4.57 Å². The van der Waals surface area contributed by atoms with Gasteiger partial charge in [-0.15, -0.1) is 0 Å². The number of pyridine rings is 1. The summed E-state index contributed by atoms with van der Waals surface area (Å²) >= 11 is 0. The zero-order valence-corrected chi connectivity index (χ0v) is 16.0. The molecule has 0 radical (unpaired) electrons. The summed E-state index contributed by atoms with van der Waals surface area (Å²) in [5.74, 6) is 0. The van der Waals surface area contributed by atoms with Gasteiger partial charge < -0.3 is 0 Å². The summed E-state index contributed by atoms with van der Waals surface area (Å²) in [5.41, 5.74) is 9.36. The van der Waals surface area contributed by atoms with E-state index >= 15 is 0 Å². The minimum Gasteiger partial charge on any atom is -0.200 e. The SMILES string of the molecule is Cc1c(-c2c3ccccc3cc[n+]2C)cc2c3c(cccc13)-c1ccccc1-2. The van der Waals surface area contributed by atoms with Crippen LogP contribution < -0.4 is 4.57 Å². The van der Waals surface area contributed by atoms with Crippen molar-refractivity contribution in [3.8, 4) is 33.5 Å². The Bertz CT molecular complexity index is 1430. The van der Waals surface area contributed by atoms with E-state index < -0.39 is 0 Å². The minimum absolute atomic E-state index is 1.28. The third-order valence-corrected chi connectivity index (χ3v) is 6.24. The molecule has 1 nitrogen and oxygen atoms in total. The predicted molar refractivity (Wildman–Crippen MR) is 117 cm³/mol. The molecule has 0 fully saturated rings. The molecule has 1 aliphatic rings. The molecule has 6 rings (SSSR count). The molecule has 132 valence electrons. The highest BCUT2D eigenvalue weighted by Gasteiger charge is 2.26. The van der Waals surface area contributed by atoms with Crippen molar-refractivity contribution in [1.82, 2.24) is 0 Å². The van der Waals surface area contributed by atoms with E-state index in [-0.39, 0.29) is 0 Å². The standard InChI is InChI=1S/C27H20N/c1-17-19-12-7-13-23-21-10-5-6-11-22(21)25(26(19)23)16-24(17)27-20-9-4-3-8-18(20)14-15-28(27)2/h3-16H,1-2H3/q+1. The monoisotopic (exact) mass is 358 g/mol. The molecule has 0 amide bonds. The molecule has 0 aliphatic heterocycles. The van der Waals surface area contributed by atoms with Gasteiger partial charge in [0.25, 0.3) is 0 Å². The number of rotatable bonds is 1. The van der Waals surface area contributed by atoms with Gasteiger partial charge in [-0.05, 0) is 63.0 Å². The quantitative estimate of drug-likeness (QED) is 0.298. The molecule has 0 unspecified atom stereocenters. The second kappa shape index (κ2) is 5.53. The average molecular weight is 358 g/mol. The number of hydrogen-bond acceptors (Lipinski definition) is 0. The Morgan fingerprint density at radius 3 is 2.14 bits per heavy atom. The molecule has 0 spiro atoms. The molecular weight excluding hydrogens is 338 g/mol. The Labute approximate surface area is 164 Å². The fourth-order valence-electron chi connectivity index (χ4n) is 4.91. The van der Waals surface area contributed by atoms with Gasteiger partial charge in [0.2, 0.25) is 5.69 Å². The molecule has 0 bridgehead atoms. The van der Waals surface area contributed by atoms with E-state index in [0.29, 0.717) is 0 Å². The molecule has 0 N–H and O–H groups in total. The Morgan fingerprint density at radius 1 is 0.607 bits per heavy atom. The maximum atomic E-state index is 2.41. The summed E-state index contributed by atoms with van der Waals surface area (Å²) < 4.78 is 2.26. The molecule has 1 heterocycles. The van der Waals surface area contributed by atoms with E-state index in [9.17, 15) is 0 Å². The highest BCUT2D eigenvalue weighted by molar-refractivity contribution is 6.18. The van der Waals surface area contributed by atoms with Crippen molar-refractivity contribution in [2.45, 2.75) is 6.92 Å². The van der Waals surface area contributed by atoms with Crippen LogP contribution in [0.3, 0.4) is 0 Å². The van der Waals surface area contributed by atoms with E-state index in [1.165, 1.54) is 60.6 Å². The third-order valence-electron chi connectivity index (χ3n) is 6.24. The van der Waals surface area contributed by atoms with E-state index in [4.69, 9.17) is 0 Å². The minimum atomic E-state index is 1.28. The van der Waals surface area contributed by atoms with Crippen LogP contribution in [0.25, 0.3) is 55.1 Å². The van der Waals surface area contributed by atoms with Crippen molar-refractivity contribution in [2.75, 3.05) is 0 Å². The maximum absolute atomic E-state index is 2.41. The molecule has 1 heteroatoms. The molecule has 5 aromatic rings. The van der Waals surface area contributed by atoms with Crippen LogP contribution in [-0.2, 0) is 7.05 Å². The van der Waals surface area contributed by atoms with E-state index in [0.717, 1.165) is 0 Å². The number of fused-ring (bicyclic) bond motifs is 4. The first-order valence-corrected chi connectivity index (χ1v) is 9.78. The largest absolute Gasteiger partial charge is 0.220 e. The van der Waals surface area contributed by atoms with Gasteiger partial charge in [0.05, 0.1) is 10.9 Å². The lowest BCUT2D eigenvalue weighted by Crippen LogP contribution is -2.30. The summed E-state index contributed by atoms with van der Waals surface area (Å²) in [6.07, 6.45) is 2.17. The lowest BCUT2D eigenvalue weighted by atomic mass is 9.91. The molecule has 0 saturated carbocycles. The molecular formula is C27H20N+. The summed E-state index contributed by atoms with van der Waals surface area (Å²) in [7, 11) is 2.15. The summed E-state index contributed by atoms with van der Waals surface area (Å²) in [5, 5.41) is 5.33. The van der Waals surface area contributed by atoms with E-state index in [1.54, 1.807) is 0 Å². The first kappa shape index (κ1) is 15.6. The van der Waals surface area contributed by atoms with E-state index in [2.05, 4.69) is 104 Å². The Hall–Kier alpha value is -3.45. The lowest BCUT2D eigenvalue weighted by Gasteiger charge is -2.13. The number of hydrogen-bond donors (Lipinski definition) is 0. The van der Waals surface area contributed by atoms with Crippen LogP contribution in [0, 0.1) is 6.92 Å². The second-order valence-electron chi connectivity index (χ2n) is 7.73. The molecule has 28 heavy (non-hydrogen) atoms. The van der Waals surface area contributed by atoms with Gasteiger partial charge in [-0.3, -0.25) is 0 Å². The number of aromatic nitrogens is 1. The zero-order valence-electron chi connectivity index (χ0n) is 16.0. The molecule has 1 aliphatic carbocycles. The fraction of sp³-hybridized carbons (Fsp3) is 0.0741. The van der Waals surface area contributed by atoms with Crippen molar-refractivity contribution in [3.63, 3.8) is 0 Å². The van der Waals surface area contributed by atoms with Crippen molar-refractivity contribution in [1.29, 1.82) is 0 Å². The number of benzene rings is 4. The van der Waals surface area contributed by atoms with Gasteiger partial charge in [0.15, 0.2) is 6.20 Å². The Balaban J connectivity index is 1.79. The fourth-order valence-corrected chi connectivity index (χ4v) is 4.91. The smallest absolute Gasteiger partial charge is 0.200 e. The topological polar surface area (TPSA) is 3.88 Å². The summed E-state index contributed by atoms with van der Waals surface area (Å²) in [4.78, 5) is 0. The van der Waals surface area contributed by atoms with Crippen LogP contribution in [0.2, 0.25) is 0 Å². The van der Waals surface area contributed by atoms with Crippen LogP contribution in [0.5, 0.6) is 0 Å². The highest BCUT2D eigenvalue weighted by atomic mass is 14.9. The summed E-state index contributed by atoms with van der Waals surface area (Å²) in [6, 6.07) is 28.8. The molecule has 0 saturated heterocycles. The first-order chi connectivity index (χ1) is 13.7.